The number of rotatable bonds is 16. The third-order valence-electron chi connectivity index (χ3n) is 5.78. The number of carbonyl (C=O) groups is 1. The monoisotopic (exact) mass is 385 g/mol. The number of hydroxylamine groups is 2. The van der Waals surface area contributed by atoms with Crippen LogP contribution in [0.25, 0.3) is 0 Å². The molecule has 1 saturated heterocycles. The third-order valence-corrected chi connectivity index (χ3v) is 5.78. The molecule has 27 heavy (non-hydrogen) atoms. The van der Waals surface area contributed by atoms with Crippen LogP contribution in [0.4, 0.5) is 0 Å². The number of ether oxygens (including phenoxy) is 1. The second-order valence-electron chi connectivity index (χ2n) is 8.89. The fourth-order valence-corrected chi connectivity index (χ4v) is 4.01. The Morgan fingerprint density at radius 1 is 0.889 bits per heavy atom. The minimum Gasteiger partial charge on any atom is -0.481 e. The summed E-state index contributed by atoms with van der Waals surface area (Å²) in [5, 5.41) is 20.8. The van der Waals surface area contributed by atoms with Gasteiger partial charge in [0.2, 0.25) is 0 Å². The summed E-state index contributed by atoms with van der Waals surface area (Å²) in [7, 11) is 0. The van der Waals surface area contributed by atoms with Crippen LogP contribution in [-0.4, -0.2) is 39.2 Å². The van der Waals surface area contributed by atoms with Crippen molar-refractivity contribution in [2.75, 3.05) is 6.61 Å². The van der Waals surface area contributed by atoms with E-state index in [-0.39, 0.29) is 5.54 Å². The molecule has 1 unspecified atom stereocenters. The van der Waals surface area contributed by atoms with Crippen molar-refractivity contribution in [3.05, 3.63) is 0 Å². The molecule has 1 aliphatic heterocycles. The molecule has 160 valence electrons. The van der Waals surface area contributed by atoms with Gasteiger partial charge in [-0.15, -0.1) is 0 Å². The molecular formula is C22H43NO4. The molecule has 0 aromatic rings. The standard InChI is InChI=1S/C22H43NO4/c1-4-5-17-22(23(26)21(2,3)19-27-22)18-15-13-11-9-7-6-8-10-12-14-16-20(24)25/h26H,4-19H2,1-3H3,(H,24,25). The zero-order valence-electron chi connectivity index (χ0n) is 18.0. The molecule has 0 saturated carbocycles. The topological polar surface area (TPSA) is 70.0 Å². The van der Waals surface area contributed by atoms with Crippen LogP contribution in [0.5, 0.6) is 0 Å². The van der Waals surface area contributed by atoms with Gasteiger partial charge in [-0.1, -0.05) is 64.7 Å². The maximum atomic E-state index is 10.7. The van der Waals surface area contributed by atoms with Crippen molar-refractivity contribution in [2.24, 2.45) is 0 Å². The highest BCUT2D eigenvalue weighted by Gasteiger charge is 2.50. The van der Waals surface area contributed by atoms with Gasteiger partial charge in [0.15, 0.2) is 0 Å². The van der Waals surface area contributed by atoms with Gasteiger partial charge >= 0.3 is 5.97 Å². The lowest BCUT2D eigenvalue weighted by Crippen LogP contribution is -2.50. The summed E-state index contributed by atoms with van der Waals surface area (Å²) in [6.45, 7) is 6.87. The summed E-state index contributed by atoms with van der Waals surface area (Å²) in [5.74, 6) is -0.678. The largest absolute Gasteiger partial charge is 0.481 e. The van der Waals surface area contributed by atoms with Crippen LogP contribution in [-0.2, 0) is 9.53 Å². The zero-order chi connectivity index (χ0) is 20.2. The van der Waals surface area contributed by atoms with Crippen molar-refractivity contribution in [1.29, 1.82) is 0 Å². The molecular weight excluding hydrogens is 342 g/mol. The lowest BCUT2D eigenvalue weighted by atomic mass is 9.95. The van der Waals surface area contributed by atoms with E-state index in [1.54, 1.807) is 0 Å². The molecule has 0 aromatic carbocycles. The average molecular weight is 386 g/mol. The van der Waals surface area contributed by atoms with Crippen LogP contribution in [0.2, 0.25) is 0 Å². The van der Waals surface area contributed by atoms with E-state index in [9.17, 15) is 10.0 Å². The summed E-state index contributed by atoms with van der Waals surface area (Å²) in [4.78, 5) is 10.4. The second-order valence-corrected chi connectivity index (χ2v) is 8.89. The molecule has 1 aliphatic rings. The molecule has 0 spiro atoms. The van der Waals surface area contributed by atoms with E-state index in [0.717, 1.165) is 51.4 Å². The number of hydrogen-bond donors (Lipinski definition) is 2. The molecule has 1 atom stereocenters. The second kappa shape index (κ2) is 12.7. The Kier molecular flexibility index (Phi) is 11.5. The van der Waals surface area contributed by atoms with Crippen LogP contribution in [0.15, 0.2) is 0 Å². The van der Waals surface area contributed by atoms with Gasteiger partial charge in [-0.05, 0) is 46.0 Å². The van der Waals surface area contributed by atoms with Crippen LogP contribution in [0.3, 0.4) is 0 Å². The van der Waals surface area contributed by atoms with E-state index in [1.807, 2.05) is 13.8 Å². The van der Waals surface area contributed by atoms with Crippen LogP contribution in [0.1, 0.15) is 117 Å². The lowest BCUT2D eigenvalue weighted by molar-refractivity contribution is -0.256. The van der Waals surface area contributed by atoms with Gasteiger partial charge in [-0.25, -0.2) is 0 Å². The maximum absolute atomic E-state index is 10.7. The Morgan fingerprint density at radius 3 is 1.81 bits per heavy atom. The molecule has 1 heterocycles. The Labute approximate surface area is 166 Å². The van der Waals surface area contributed by atoms with Crippen molar-refractivity contribution >= 4 is 5.97 Å². The van der Waals surface area contributed by atoms with Crippen LogP contribution in [0, 0.1) is 0 Å². The van der Waals surface area contributed by atoms with E-state index < -0.39 is 11.7 Å². The highest BCUT2D eigenvalue weighted by Crippen LogP contribution is 2.40. The first kappa shape index (κ1) is 24.4. The number of carboxylic acids is 1. The van der Waals surface area contributed by atoms with Gasteiger partial charge in [0.05, 0.1) is 12.1 Å². The Hall–Kier alpha value is -0.650. The molecule has 2 N–H and O–H groups in total. The summed E-state index contributed by atoms with van der Waals surface area (Å²) in [6.07, 6.45) is 15.9. The van der Waals surface area contributed by atoms with Crippen LogP contribution >= 0.6 is 0 Å². The van der Waals surface area contributed by atoms with E-state index in [2.05, 4.69) is 6.92 Å². The first-order chi connectivity index (χ1) is 12.8. The van der Waals surface area contributed by atoms with Gasteiger partial charge in [0.1, 0.15) is 5.72 Å². The molecule has 5 nitrogen and oxygen atoms in total. The molecule has 5 heteroatoms. The fraction of sp³-hybridized carbons (Fsp3) is 0.955. The minimum absolute atomic E-state index is 0.293. The van der Waals surface area contributed by atoms with Crippen molar-refractivity contribution in [3.63, 3.8) is 0 Å². The first-order valence-corrected chi connectivity index (χ1v) is 11.2. The summed E-state index contributed by atoms with van der Waals surface area (Å²) >= 11 is 0. The SMILES string of the molecule is CCCCC1(CCCCCCCCCCCCC(=O)O)OCC(C)(C)N1O. The Balaban J connectivity index is 2.09. The smallest absolute Gasteiger partial charge is 0.303 e. The van der Waals surface area contributed by atoms with E-state index in [1.165, 1.54) is 43.6 Å². The van der Waals surface area contributed by atoms with Crippen molar-refractivity contribution in [1.82, 2.24) is 5.06 Å². The maximum Gasteiger partial charge on any atom is 0.303 e. The molecule has 0 amide bonds. The normalized spacial score (nSPS) is 22.4. The third kappa shape index (κ3) is 8.93. The molecule has 1 rings (SSSR count). The van der Waals surface area contributed by atoms with Gasteiger partial charge in [-0.3, -0.25) is 4.79 Å². The highest BCUT2D eigenvalue weighted by molar-refractivity contribution is 5.66. The molecule has 0 radical (unpaired) electrons. The predicted molar refractivity (Wildman–Crippen MR) is 109 cm³/mol. The number of carboxylic acid groups (broad SMARTS) is 1. The zero-order valence-corrected chi connectivity index (χ0v) is 18.0. The van der Waals surface area contributed by atoms with Gasteiger partial charge < -0.3 is 15.1 Å². The predicted octanol–water partition coefficient (Wildman–Crippen LogP) is 6.14. The summed E-state index contributed by atoms with van der Waals surface area (Å²) < 4.78 is 6.12. The van der Waals surface area contributed by atoms with Gasteiger partial charge in [0, 0.05) is 6.42 Å². The molecule has 0 aliphatic carbocycles. The van der Waals surface area contributed by atoms with Gasteiger partial charge in [-0.2, -0.15) is 5.06 Å². The Bertz CT molecular complexity index is 413. The quantitative estimate of drug-likeness (QED) is 0.312. The first-order valence-electron chi connectivity index (χ1n) is 11.2. The van der Waals surface area contributed by atoms with Crippen molar-refractivity contribution < 1.29 is 19.8 Å². The number of nitrogens with zero attached hydrogens (tertiary/aromatic N) is 1. The number of hydrogen-bond acceptors (Lipinski definition) is 4. The molecule has 0 aromatic heterocycles. The van der Waals surface area contributed by atoms with Crippen molar-refractivity contribution in [3.8, 4) is 0 Å². The lowest BCUT2D eigenvalue weighted by Gasteiger charge is -2.37. The number of unbranched alkanes of at least 4 members (excludes halogenated alkanes) is 10. The summed E-state index contributed by atoms with van der Waals surface area (Å²) in [6, 6.07) is 0. The van der Waals surface area contributed by atoms with E-state index in [0.29, 0.717) is 13.0 Å². The molecule has 1 fully saturated rings. The Morgan fingerprint density at radius 2 is 1.37 bits per heavy atom. The fourth-order valence-electron chi connectivity index (χ4n) is 4.01. The minimum atomic E-state index is -0.678. The molecule has 0 bridgehead atoms. The highest BCUT2D eigenvalue weighted by atomic mass is 16.6. The average Bonchev–Trinajstić information content (AvgIpc) is 2.85. The summed E-state index contributed by atoms with van der Waals surface area (Å²) in [5.41, 5.74) is -0.770. The van der Waals surface area contributed by atoms with Crippen LogP contribution < -0.4 is 0 Å². The van der Waals surface area contributed by atoms with Gasteiger partial charge in [0.25, 0.3) is 0 Å². The van der Waals surface area contributed by atoms with E-state index >= 15 is 0 Å². The van der Waals surface area contributed by atoms with Crippen molar-refractivity contribution in [2.45, 2.75) is 128 Å². The number of aliphatic carboxylic acids is 1. The van der Waals surface area contributed by atoms with E-state index in [4.69, 9.17) is 9.84 Å².